The van der Waals surface area contributed by atoms with Crippen LogP contribution in [-0.2, 0) is 11.3 Å². The molecule has 0 aliphatic heterocycles. The second-order valence-electron chi connectivity index (χ2n) is 2.00. The summed E-state index contributed by atoms with van der Waals surface area (Å²) in [5.41, 5.74) is 0. The summed E-state index contributed by atoms with van der Waals surface area (Å²) in [7, 11) is 0. The Kier molecular flexibility index (Phi) is 6.70. The number of aromatic amines is 1. The number of hydrogen-bond acceptors (Lipinski definition) is 4. The van der Waals surface area contributed by atoms with E-state index in [-0.39, 0.29) is 0 Å². The lowest BCUT2D eigenvalue weighted by molar-refractivity contribution is -0.109. The van der Waals surface area contributed by atoms with Crippen molar-refractivity contribution in [3.8, 4) is 0 Å². The number of nitrogens with zero attached hydrogens (tertiary/aromatic N) is 3. The molecule has 0 fully saturated rings. The van der Waals surface area contributed by atoms with Gasteiger partial charge in [0.15, 0.2) is 0 Å². The number of amides is 1. The zero-order chi connectivity index (χ0) is 10.1. The van der Waals surface area contributed by atoms with E-state index in [0.717, 1.165) is 13.1 Å². The maximum absolute atomic E-state index is 9.29. The summed E-state index contributed by atoms with van der Waals surface area (Å²) in [6.45, 7) is 5.36. The lowest BCUT2D eigenvalue weighted by Gasteiger charge is -1.87. The monoisotopic (exact) mass is 203 g/mol. The Bertz CT molecular complexity index is 281. The van der Waals surface area contributed by atoms with Crippen LogP contribution in [0.2, 0.25) is 0 Å². The van der Waals surface area contributed by atoms with Crippen molar-refractivity contribution in [2.75, 3.05) is 6.54 Å². The van der Waals surface area contributed by atoms with Crippen LogP contribution in [-0.4, -0.2) is 33.2 Å². The van der Waals surface area contributed by atoms with Gasteiger partial charge in [0.2, 0.25) is 11.2 Å². The van der Waals surface area contributed by atoms with Gasteiger partial charge in [0, 0.05) is 13.1 Å². The van der Waals surface area contributed by atoms with E-state index in [1.165, 1.54) is 0 Å². The van der Waals surface area contributed by atoms with Crippen LogP contribution in [0.25, 0.3) is 0 Å². The van der Waals surface area contributed by atoms with Gasteiger partial charge in [0.25, 0.3) is 0 Å². The highest BCUT2D eigenvalue weighted by atomic mass is 32.1. The standard InChI is InChI=1S/C3H6N4S.C3H7NO/c1-2-7-3(8)4-5-6-7;1-2-4-3-5/h2H2,1H3,(H,4,6,8);3H,2H2,1H3,(H,4,5). The first-order valence-corrected chi connectivity index (χ1v) is 4.32. The van der Waals surface area contributed by atoms with Crippen molar-refractivity contribution >= 4 is 18.6 Å². The molecule has 7 heteroatoms. The van der Waals surface area contributed by atoms with E-state index in [1.54, 1.807) is 4.68 Å². The minimum absolute atomic E-state index is 0.507. The van der Waals surface area contributed by atoms with Crippen molar-refractivity contribution in [1.82, 2.24) is 25.5 Å². The van der Waals surface area contributed by atoms with Gasteiger partial charge in [-0.05, 0) is 26.1 Å². The summed E-state index contributed by atoms with van der Waals surface area (Å²) in [5, 5.41) is 12.1. The molecule has 0 unspecified atom stereocenters. The molecule has 1 rings (SSSR count). The van der Waals surface area contributed by atoms with Crippen LogP contribution in [0, 0.1) is 4.77 Å². The number of rotatable bonds is 3. The maximum Gasteiger partial charge on any atom is 0.238 e. The van der Waals surface area contributed by atoms with Crippen LogP contribution in [0.5, 0.6) is 0 Å². The Balaban J connectivity index is 0.000000252. The molecule has 0 aromatic carbocycles. The Morgan fingerprint density at radius 1 is 1.69 bits per heavy atom. The second-order valence-corrected chi connectivity index (χ2v) is 2.37. The van der Waals surface area contributed by atoms with Crippen molar-refractivity contribution in [1.29, 1.82) is 0 Å². The molecule has 0 bridgehead atoms. The quantitative estimate of drug-likeness (QED) is 0.540. The number of tetrazole rings is 1. The SMILES string of the molecule is CCNC=O.CCn1[nH]nnc1=S. The highest BCUT2D eigenvalue weighted by molar-refractivity contribution is 7.71. The molecule has 6 nitrogen and oxygen atoms in total. The van der Waals surface area contributed by atoms with Gasteiger partial charge in [0.1, 0.15) is 0 Å². The van der Waals surface area contributed by atoms with Crippen molar-refractivity contribution < 1.29 is 4.79 Å². The Hall–Kier alpha value is -1.24. The minimum Gasteiger partial charge on any atom is -0.359 e. The van der Waals surface area contributed by atoms with Gasteiger partial charge >= 0.3 is 0 Å². The highest BCUT2D eigenvalue weighted by Crippen LogP contribution is 1.78. The smallest absolute Gasteiger partial charge is 0.238 e. The molecule has 1 aromatic heterocycles. The van der Waals surface area contributed by atoms with Gasteiger partial charge in [0.05, 0.1) is 0 Å². The third-order valence-electron chi connectivity index (χ3n) is 1.14. The fourth-order valence-corrected chi connectivity index (χ4v) is 0.716. The summed E-state index contributed by atoms with van der Waals surface area (Å²) < 4.78 is 2.18. The van der Waals surface area contributed by atoms with Gasteiger partial charge in [-0.1, -0.05) is 10.3 Å². The molecular weight excluding hydrogens is 190 g/mol. The first kappa shape index (κ1) is 11.8. The molecule has 0 aliphatic carbocycles. The molecule has 0 atom stereocenters. The van der Waals surface area contributed by atoms with Gasteiger partial charge in [-0.3, -0.25) is 4.79 Å². The molecule has 13 heavy (non-hydrogen) atoms. The van der Waals surface area contributed by atoms with Gasteiger partial charge in [-0.15, -0.1) is 0 Å². The number of H-pyrrole nitrogens is 1. The van der Waals surface area contributed by atoms with Gasteiger partial charge in [-0.25, -0.2) is 4.68 Å². The lowest BCUT2D eigenvalue weighted by Crippen LogP contribution is -2.07. The molecule has 1 heterocycles. The average molecular weight is 203 g/mol. The van der Waals surface area contributed by atoms with Crippen LogP contribution in [0.1, 0.15) is 13.8 Å². The van der Waals surface area contributed by atoms with E-state index in [2.05, 4.69) is 20.8 Å². The van der Waals surface area contributed by atoms with E-state index in [9.17, 15) is 4.79 Å². The molecule has 0 radical (unpaired) electrons. The van der Waals surface area contributed by atoms with Crippen LogP contribution >= 0.6 is 12.2 Å². The van der Waals surface area contributed by atoms with Crippen molar-refractivity contribution in [3.63, 3.8) is 0 Å². The Morgan fingerprint density at radius 3 is 2.54 bits per heavy atom. The van der Waals surface area contributed by atoms with Gasteiger partial charge < -0.3 is 5.32 Å². The Morgan fingerprint density at radius 2 is 2.38 bits per heavy atom. The van der Waals surface area contributed by atoms with E-state index >= 15 is 0 Å². The van der Waals surface area contributed by atoms with E-state index in [4.69, 9.17) is 12.2 Å². The van der Waals surface area contributed by atoms with E-state index in [0.29, 0.717) is 11.2 Å². The summed E-state index contributed by atoms with van der Waals surface area (Å²) in [4.78, 5) is 9.29. The largest absolute Gasteiger partial charge is 0.359 e. The predicted octanol–water partition coefficient (Wildman–Crippen LogP) is 0.108. The number of nitrogens with one attached hydrogen (secondary N) is 2. The lowest BCUT2D eigenvalue weighted by atomic mass is 10.8. The van der Waals surface area contributed by atoms with E-state index in [1.807, 2.05) is 13.8 Å². The number of carbonyl (C=O) groups excluding carboxylic acids is 1. The summed E-state index contributed by atoms with van der Waals surface area (Å²) in [5.74, 6) is 0. The molecule has 1 amide bonds. The fourth-order valence-electron chi connectivity index (χ4n) is 0.505. The molecule has 0 aliphatic rings. The number of aromatic nitrogens is 4. The third-order valence-corrected chi connectivity index (χ3v) is 1.44. The highest BCUT2D eigenvalue weighted by Gasteiger charge is 1.85. The maximum atomic E-state index is 9.29. The minimum atomic E-state index is 0.507. The van der Waals surface area contributed by atoms with Crippen molar-refractivity contribution in [2.24, 2.45) is 0 Å². The zero-order valence-corrected chi connectivity index (χ0v) is 8.47. The van der Waals surface area contributed by atoms with Crippen molar-refractivity contribution in [3.05, 3.63) is 4.77 Å². The first-order valence-electron chi connectivity index (χ1n) is 3.91. The third kappa shape index (κ3) is 5.07. The summed E-state index contributed by atoms with van der Waals surface area (Å²) in [6.07, 6.45) is 0.681. The number of carbonyl (C=O) groups is 1. The molecular formula is C6H13N5OS. The van der Waals surface area contributed by atoms with Crippen LogP contribution in [0.4, 0.5) is 0 Å². The molecule has 0 spiro atoms. The fraction of sp³-hybridized carbons (Fsp3) is 0.667. The summed E-state index contributed by atoms with van der Waals surface area (Å²) >= 11 is 4.74. The molecule has 1 aromatic rings. The summed E-state index contributed by atoms with van der Waals surface area (Å²) in [6, 6.07) is 0. The van der Waals surface area contributed by atoms with E-state index < -0.39 is 0 Å². The predicted molar refractivity (Wildman–Crippen MR) is 50.6 cm³/mol. The van der Waals surface area contributed by atoms with Crippen LogP contribution in [0.15, 0.2) is 0 Å². The molecule has 0 saturated carbocycles. The normalized spacial score (nSPS) is 8.46. The topological polar surface area (TPSA) is 75.6 Å². The number of aryl methyl sites for hydroxylation is 1. The first-order chi connectivity index (χ1) is 6.26. The number of hydrogen-bond donors (Lipinski definition) is 2. The van der Waals surface area contributed by atoms with Gasteiger partial charge in [-0.2, -0.15) is 5.21 Å². The van der Waals surface area contributed by atoms with Crippen LogP contribution < -0.4 is 5.32 Å². The second kappa shape index (κ2) is 7.41. The average Bonchev–Trinajstić information content (AvgIpc) is 2.53. The molecule has 0 saturated heterocycles. The van der Waals surface area contributed by atoms with Crippen LogP contribution in [0.3, 0.4) is 0 Å². The Labute approximate surface area is 81.3 Å². The molecule has 2 N–H and O–H groups in total. The zero-order valence-electron chi connectivity index (χ0n) is 7.65. The molecule has 74 valence electrons. The van der Waals surface area contributed by atoms with Crippen molar-refractivity contribution in [2.45, 2.75) is 20.4 Å².